The molecule has 1 atom stereocenters. The highest BCUT2D eigenvalue weighted by Gasteiger charge is 2.12. The molecular formula is C12H19F2NO2S. The van der Waals surface area contributed by atoms with E-state index in [4.69, 9.17) is 9.52 Å². The Bertz CT molecular complexity index is 345. The van der Waals surface area contributed by atoms with E-state index in [-0.39, 0.29) is 18.4 Å². The molecule has 0 spiro atoms. The van der Waals surface area contributed by atoms with Gasteiger partial charge in [0.1, 0.15) is 11.5 Å². The molecule has 0 amide bonds. The number of hydrogen-bond donors (Lipinski definition) is 2. The predicted molar refractivity (Wildman–Crippen MR) is 68.6 cm³/mol. The zero-order valence-electron chi connectivity index (χ0n) is 10.5. The predicted octanol–water partition coefficient (Wildman–Crippen LogP) is 2.84. The monoisotopic (exact) mass is 279 g/mol. The third-order valence-electron chi connectivity index (χ3n) is 2.61. The van der Waals surface area contributed by atoms with Gasteiger partial charge in [-0.1, -0.05) is 25.6 Å². The van der Waals surface area contributed by atoms with Crippen molar-refractivity contribution in [3.63, 3.8) is 0 Å². The normalized spacial score (nSPS) is 13.5. The minimum absolute atomic E-state index is 0.00832. The van der Waals surface area contributed by atoms with Crippen LogP contribution in [0.25, 0.3) is 0 Å². The van der Waals surface area contributed by atoms with E-state index in [1.54, 1.807) is 12.1 Å². The van der Waals surface area contributed by atoms with Gasteiger partial charge in [-0.2, -0.15) is 8.78 Å². The fourth-order valence-electron chi connectivity index (χ4n) is 1.48. The molecule has 0 aliphatic rings. The van der Waals surface area contributed by atoms with Crippen molar-refractivity contribution in [3.8, 4) is 0 Å². The summed E-state index contributed by atoms with van der Waals surface area (Å²) in [5, 5.41) is 12.3. The van der Waals surface area contributed by atoms with E-state index in [1.165, 1.54) is 0 Å². The minimum Gasteiger partial charge on any atom is -0.464 e. The lowest BCUT2D eigenvalue weighted by Gasteiger charge is -2.19. The van der Waals surface area contributed by atoms with Crippen molar-refractivity contribution < 1.29 is 18.3 Å². The fraction of sp³-hybridized carbons (Fsp3) is 0.667. The Morgan fingerprint density at radius 1 is 1.33 bits per heavy atom. The van der Waals surface area contributed by atoms with Gasteiger partial charge in [-0.05, 0) is 18.1 Å². The van der Waals surface area contributed by atoms with Crippen LogP contribution in [0.15, 0.2) is 16.5 Å². The fourth-order valence-corrected chi connectivity index (χ4v) is 1.93. The average molecular weight is 279 g/mol. The van der Waals surface area contributed by atoms with Gasteiger partial charge in [0, 0.05) is 6.04 Å². The summed E-state index contributed by atoms with van der Waals surface area (Å²) in [5.74, 6) is -0.651. The second-order valence-corrected chi connectivity index (χ2v) is 5.33. The zero-order chi connectivity index (χ0) is 13.5. The number of hydrogen-bond acceptors (Lipinski definition) is 4. The molecule has 1 aromatic heterocycles. The summed E-state index contributed by atoms with van der Waals surface area (Å²) in [5.41, 5.74) is 0. The highest BCUT2D eigenvalue weighted by Crippen LogP contribution is 2.21. The van der Waals surface area contributed by atoms with Gasteiger partial charge in [-0.3, -0.25) is 0 Å². The maximum atomic E-state index is 12.0. The molecule has 0 aromatic carbocycles. The molecule has 0 bridgehead atoms. The Balaban J connectivity index is 2.39. The Labute approximate surface area is 110 Å². The summed E-state index contributed by atoms with van der Waals surface area (Å²) >= 11 is 0.544. The SMILES string of the molecule is CC(C)[C@@H](CO)NCc1ccc(CSC(F)F)o1. The van der Waals surface area contributed by atoms with Crippen molar-refractivity contribution in [2.24, 2.45) is 5.92 Å². The molecule has 1 aromatic rings. The van der Waals surface area contributed by atoms with Gasteiger partial charge in [-0.25, -0.2) is 0 Å². The molecule has 0 unspecified atom stereocenters. The summed E-state index contributed by atoms with van der Waals surface area (Å²) in [6, 6.07) is 3.48. The first-order valence-corrected chi connectivity index (χ1v) is 6.89. The van der Waals surface area contributed by atoms with Crippen molar-refractivity contribution in [2.75, 3.05) is 6.61 Å². The van der Waals surface area contributed by atoms with Crippen LogP contribution in [0.1, 0.15) is 25.4 Å². The lowest BCUT2D eigenvalue weighted by molar-refractivity contribution is 0.207. The molecule has 0 aliphatic heterocycles. The Hall–Kier alpha value is -0.590. The molecule has 1 rings (SSSR count). The zero-order valence-corrected chi connectivity index (χ0v) is 11.3. The van der Waals surface area contributed by atoms with Crippen LogP contribution in [0.2, 0.25) is 0 Å². The lowest BCUT2D eigenvalue weighted by Crippen LogP contribution is -2.36. The first-order valence-electron chi connectivity index (χ1n) is 5.84. The Morgan fingerprint density at radius 3 is 2.56 bits per heavy atom. The molecule has 6 heteroatoms. The largest absolute Gasteiger partial charge is 0.464 e. The van der Waals surface area contributed by atoms with Crippen LogP contribution in [0.3, 0.4) is 0 Å². The highest BCUT2D eigenvalue weighted by molar-refractivity contribution is 7.98. The molecule has 0 saturated carbocycles. The number of alkyl halides is 2. The van der Waals surface area contributed by atoms with Crippen molar-refractivity contribution in [2.45, 2.75) is 37.9 Å². The van der Waals surface area contributed by atoms with Gasteiger partial charge in [0.15, 0.2) is 0 Å². The molecule has 0 aliphatic carbocycles. The number of halogens is 2. The first-order chi connectivity index (χ1) is 8.52. The molecule has 0 saturated heterocycles. The van der Waals surface area contributed by atoms with E-state index in [0.717, 1.165) is 0 Å². The summed E-state index contributed by atoms with van der Waals surface area (Å²) in [4.78, 5) is 0. The van der Waals surface area contributed by atoms with Crippen molar-refractivity contribution in [3.05, 3.63) is 23.7 Å². The van der Waals surface area contributed by atoms with Crippen molar-refractivity contribution in [1.29, 1.82) is 0 Å². The second kappa shape index (κ2) is 7.76. The van der Waals surface area contributed by atoms with Gasteiger partial charge in [0.2, 0.25) is 0 Å². The molecule has 104 valence electrons. The number of aliphatic hydroxyl groups excluding tert-OH is 1. The summed E-state index contributed by atoms with van der Waals surface area (Å²) in [6.45, 7) is 4.58. The highest BCUT2D eigenvalue weighted by atomic mass is 32.2. The van der Waals surface area contributed by atoms with Gasteiger partial charge in [0.25, 0.3) is 5.76 Å². The smallest absolute Gasteiger partial charge is 0.284 e. The lowest BCUT2D eigenvalue weighted by atomic mass is 10.1. The van der Waals surface area contributed by atoms with Crippen LogP contribution >= 0.6 is 11.8 Å². The molecule has 3 nitrogen and oxygen atoms in total. The molecule has 0 radical (unpaired) electrons. The summed E-state index contributed by atoms with van der Waals surface area (Å²) in [7, 11) is 0. The van der Waals surface area contributed by atoms with Crippen LogP contribution in [0, 0.1) is 5.92 Å². The Kier molecular flexibility index (Phi) is 6.67. The molecular weight excluding hydrogens is 260 g/mol. The third-order valence-corrected chi connectivity index (χ3v) is 3.31. The van der Waals surface area contributed by atoms with Crippen LogP contribution in [-0.4, -0.2) is 23.5 Å². The summed E-state index contributed by atoms with van der Waals surface area (Å²) in [6.07, 6.45) is 0. The van der Waals surface area contributed by atoms with Crippen LogP contribution < -0.4 is 5.32 Å². The molecule has 18 heavy (non-hydrogen) atoms. The second-order valence-electron chi connectivity index (χ2n) is 4.35. The van der Waals surface area contributed by atoms with E-state index in [2.05, 4.69) is 5.32 Å². The topological polar surface area (TPSA) is 45.4 Å². The third kappa shape index (κ3) is 5.37. The van der Waals surface area contributed by atoms with Gasteiger partial charge in [-0.15, -0.1) is 0 Å². The van der Waals surface area contributed by atoms with Crippen LogP contribution in [0.5, 0.6) is 0 Å². The molecule has 1 heterocycles. The molecule has 0 fully saturated rings. The number of thioether (sulfide) groups is 1. The maximum Gasteiger partial charge on any atom is 0.284 e. The maximum absolute atomic E-state index is 12.0. The van der Waals surface area contributed by atoms with E-state index < -0.39 is 5.76 Å². The standard InChI is InChI=1S/C12H19F2NO2S/c1-8(2)11(6-16)15-5-9-3-4-10(17-9)7-18-12(13)14/h3-4,8,11-12,15-16H,5-7H2,1-2H3/t11-/m1/s1. The van der Waals surface area contributed by atoms with E-state index >= 15 is 0 Å². The van der Waals surface area contributed by atoms with E-state index in [9.17, 15) is 8.78 Å². The number of rotatable bonds is 8. The van der Waals surface area contributed by atoms with Crippen LogP contribution in [0.4, 0.5) is 8.78 Å². The number of aliphatic hydroxyl groups is 1. The molecule has 2 N–H and O–H groups in total. The average Bonchev–Trinajstić information content (AvgIpc) is 2.75. The Morgan fingerprint density at radius 2 is 2.00 bits per heavy atom. The number of furan rings is 1. The number of nitrogens with one attached hydrogen (secondary N) is 1. The van der Waals surface area contributed by atoms with E-state index in [0.29, 0.717) is 35.7 Å². The van der Waals surface area contributed by atoms with E-state index in [1.807, 2.05) is 13.8 Å². The van der Waals surface area contributed by atoms with Gasteiger partial charge in [0.05, 0.1) is 18.9 Å². The minimum atomic E-state index is -2.38. The van der Waals surface area contributed by atoms with Crippen molar-refractivity contribution in [1.82, 2.24) is 5.32 Å². The van der Waals surface area contributed by atoms with Gasteiger partial charge < -0.3 is 14.8 Å². The van der Waals surface area contributed by atoms with Crippen molar-refractivity contribution >= 4 is 11.8 Å². The summed E-state index contributed by atoms with van der Waals surface area (Å²) < 4.78 is 29.4. The van der Waals surface area contributed by atoms with Gasteiger partial charge >= 0.3 is 0 Å². The quantitative estimate of drug-likeness (QED) is 0.768. The first kappa shape index (κ1) is 15.5. The van der Waals surface area contributed by atoms with Crippen LogP contribution in [-0.2, 0) is 12.3 Å².